The average Bonchev–Trinajstić information content (AvgIpc) is 2.93. The minimum Gasteiger partial charge on any atom is -0.387 e. The van der Waals surface area contributed by atoms with E-state index >= 15 is 0 Å². The third-order valence-electron chi connectivity index (χ3n) is 4.48. The summed E-state index contributed by atoms with van der Waals surface area (Å²) in [6.45, 7) is 5.48. The Morgan fingerprint density at radius 3 is 3.05 bits per heavy atom. The van der Waals surface area contributed by atoms with Crippen LogP contribution in [-0.4, -0.2) is 58.7 Å². The fraction of sp³-hybridized carbons (Fsp3) is 0.667. The van der Waals surface area contributed by atoms with Crippen molar-refractivity contribution in [1.82, 2.24) is 14.8 Å². The molecule has 3 rings (SSSR count). The zero-order chi connectivity index (χ0) is 13.9. The van der Waals surface area contributed by atoms with Crippen molar-refractivity contribution in [3.63, 3.8) is 0 Å². The summed E-state index contributed by atoms with van der Waals surface area (Å²) in [5.74, 6) is -0.363. The van der Waals surface area contributed by atoms with Gasteiger partial charge in [0.15, 0.2) is 0 Å². The molecular formula is C15H22FN3O. The molecule has 0 aromatic carbocycles. The lowest BCUT2D eigenvalue weighted by molar-refractivity contribution is 0.0825. The number of hydrogen-bond donors (Lipinski definition) is 1. The van der Waals surface area contributed by atoms with Crippen LogP contribution in [0.1, 0.15) is 31.1 Å². The molecule has 0 bridgehead atoms. The van der Waals surface area contributed by atoms with Gasteiger partial charge in [-0.3, -0.25) is 9.88 Å². The van der Waals surface area contributed by atoms with Crippen LogP contribution < -0.4 is 0 Å². The quantitative estimate of drug-likeness (QED) is 0.905. The molecule has 2 fully saturated rings. The molecule has 1 aromatic heterocycles. The number of piperazine rings is 1. The number of hydrogen-bond acceptors (Lipinski definition) is 4. The number of aliphatic hydroxyl groups excluding tert-OH is 1. The van der Waals surface area contributed by atoms with E-state index in [1.165, 1.54) is 25.5 Å². The van der Waals surface area contributed by atoms with Crippen molar-refractivity contribution < 1.29 is 9.50 Å². The average molecular weight is 279 g/mol. The Hall–Kier alpha value is -1.04. The van der Waals surface area contributed by atoms with E-state index in [0.717, 1.165) is 32.4 Å². The molecule has 2 saturated heterocycles. The second kappa shape index (κ2) is 6.16. The number of halogens is 1. The molecule has 4 nitrogen and oxygen atoms in total. The van der Waals surface area contributed by atoms with Gasteiger partial charge in [-0.25, -0.2) is 4.39 Å². The normalized spacial score (nSPS) is 25.6. The molecule has 0 saturated carbocycles. The second-order valence-corrected chi connectivity index (χ2v) is 5.84. The fourth-order valence-corrected chi connectivity index (χ4v) is 3.30. The Labute approximate surface area is 119 Å². The smallest absolute Gasteiger partial charge is 0.141 e. The summed E-state index contributed by atoms with van der Waals surface area (Å²) in [7, 11) is 0. The number of pyridine rings is 1. The summed E-state index contributed by atoms with van der Waals surface area (Å²) in [4.78, 5) is 8.95. The second-order valence-electron chi connectivity index (χ2n) is 5.84. The van der Waals surface area contributed by atoms with Crippen LogP contribution in [0.15, 0.2) is 18.3 Å². The first-order valence-electron chi connectivity index (χ1n) is 7.48. The predicted molar refractivity (Wildman–Crippen MR) is 74.8 cm³/mol. The van der Waals surface area contributed by atoms with Crippen molar-refractivity contribution in [3.8, 4) is 0 Å². The molecule has 0 amide bonds. The maximum Gasteiger partial charge on any atom is 0.141 e. The van der Waals surface area contributed by atoms with Crippen molar-refractivity contribution in [3.05, 3.63) is 29.8 Å². The zero-order valence-electron chi connectivity index (χ0n) is 11.7. The number of nitrogens with zero attached hydrogens (tertiary/aromatic N) is 3. The summed E-state index contributed by atoms with van der Waals surface area (Å²) < 4.78 is 12.8. The lowest BCUT2D eigenvalue weighted by Crippen LogP contribution is -2.50. The minimum atomic E-state index is -0.600. The van der Waals surface area contributed by atoms with E-state index in [4.69, 9.17) is 0 Å². The maximum absolute atomic E-state index is 12.8. The molecule has 0 radical (unpaired) electrons. The highest BCUT2D eigenvalue weighted by molar-refractivity contribution is 5.08. The van der Waals surface area contributed by atoms with Gasteiger partial charge >= 0.3 is 0 Å². The topological polar surface area (TPSA) is 39.6 Å². The van der Waals surface area contributed by atoms with Crippen LogP contribution in [-0.2, 0) is 0 Å². The van der Waals surface area contributed by atoms with E-state index in [-0.39, 0.29) is 5.82 Å². The van der Waals surface area contributed by atoms with Gasteiger partial charge in [0.05, 0.1) is 18.0 Å². The van der Waals surface area contributed by atoms with Gasteiger partial charge in [0.1, 0.15) is 5.82 Å². The Bertz CT molecular complexity index is 439. The van der Waals surface area contributed by atoms with Crippen molar-refractivity contribution >= 4 is 0 Å². The van der Waals surface area contributed by atoms with Gasteiger partial charge in [0.25, 0.3) is 0 Å². The van der Waals surface area contributed by atoms with Crippen molar-refractivity contribution in [1.29, 1.82) is 0 Å². The molecule has 2 aliphatic heterocycles. The first kappa shape index (κ1) is 13.9. The van der Waals surface area contributed by atoms with Gasteiger partial charge < -0.3 is 10.0 Å². The van der Waals surface area contributed by atoms with Crippen molar-refractivity contribution in [2.45, 2.75) is 31.4 Å². The van der Waals surface area contributed by atoms with Crippen LogP contribution in [0.25, 0.3) is 0 Å². The van der Waals surface area contributed by atoms with E-state index < -0.39 is 6.10 Å². The molecule has 2 aliphatic rings. The molecule has 2 unspecified atom stereocenters. The van der Waals surface area contributed by atoms with Gasteiger partial charge in [-0.15, -0.1) is 0 Å². The lowest BCUT2D eigenvalue weighted by atomic mass is 10.1. The first-order chi connectivity index (χ1) is 9.72. The molecule has 110 valence electrons. The highest BCUT2D eigenvalue weighted by Gasteiger charge is 2.30. The van der Waals surface area contributed by atoms with E-state index in [0.29, 0.717) is 18.2 Å². The van der Waals surface area contributed by atoms with E-state index in [9.17, 15) is 9.50 Å². The molecular weight excluding hydrogens is 257 g/mol. The number of fused-ring (bicyclic) bond motifs is 1. The van der Waals surface area contributed by atoms with Gasteiger partial charge in [-0.05, 0) is 37.9 Å². The molecule has 1 N–H and O–H groups in total. The van der Waals surface area contributed by atoms with Gasteiger partial charge in [-0.1, -0.05) is 0 Å². The molecule has 3 heterocycles. The summed E-state index contributed by atoms with van der Waals surface area (Å²) in [5, 5.41) is 10.1. The van der Waals surface area contributed by atoms with Gasteiger partial charge in [0, 0.05) is 32.2 Å². The standard InChI is InChI=1S/C15H22FN3O/c16-12-3-4-14(17-10-12)15(20)5-7-18-8-9-19-6-1-2-13(19)11-18/h3-4,10,13,15,20H,1-2,5-9,11H2. The summed E-state index contributed by atoms with van der Waals surface area (Å²) >= 11 is 0. The van der Waals surface area contributed by atoms with Gasteiger partial charge in [-0.2, -0.15) is 0 Å². The van der Waals surface area contributed by atoms with Crippen LogP contribution in [0.4, 0.5) is 4.39 Å². The summed E-state index contributed by atoms with van der Waals surface area (Å²) in [5.41, 5.74) is 0.561. The molecule has 1 aromatic rings. The highest BCUT2D eigenvalue weighted by atomic mass is 19.1. The third kappa shape index (κ3) is 3.16. The summed E-state index contributed by atoms with van der Waals surface area (Å²) in [6.07, 6.45) is 3.85. The van der Waals surface area contributed by atoms with Crippen LogP contribution in [0.3, 0.4) is 0 Å². The minimum absolute atomic E-state index is 0.363. The van der Waals surface area contributed by atoms with Gasteiger partial charge in [0.2, 0.25) is 0 Å². The van der Waals surface area contributed by atoms with Crippen LogP contribution >= 0.6 is 0 Å². The molecule has 20 heavy (non-hydrogen) atoms. The Balaban J connectivity index is 1.48. The monoisotopic (exact) mass is 279 g/mol. The number of aliphatic hydroxyl groups is 1. The largest absolute Gasteiger partial charge is 0.387 e. The lowest BCUT2D eigenvalue weighted by Gasteiger charge is -2.37. The number of rotatable bonds is 4. The van der Waals surface area contributed by atoms with Crippen LogP contribution in [0.5, 0.6) is 0 Å². The SMILES string of the molecule is OC(CCN1CCN2CCCC2C1)c1ccc(F)cn1. The van der Waals surface area contributed by atoms with E-state index in [2.05, 4.69) is 14.8 Å². The number of aromatic nitrogens is 1. The van der Waals surface area contributed by atoms with E-state index in [1.807, 2.05) is 0 Å². The first-order valence-corrected chi connectivity index (χ1v) is 7.48. The molecule has 0 aliphatic carbocycles. The maximum atomic E-state index is 12.8. The van der Waals surface area contributed by atoms with Crippen LogP contribution in [0, 0.1) is 5.82 Å². The zero-order valence-corrected chi connectivity index (χ0v) is 11.7. The Morgan fingerprint density at radius 2 is 2.25 bits per heavy atom. The van der Waals surface area contributed by atoms with E-state index in [1.54, 1.807) is 6.07 Å². The van der Waals surface area contributed by atoms with Crippen molar-refractivity contribution in [2.75, 3.05) is 32.7 Å². The van der Waals surface area contributed by atoms with Crippen molar-refractivity contribution in [2.24, 2.45) is 0 Å². The van der Waals surface area contributed by atoms with Crippen LogP contribution in [0.2, 0.25) is 0 Å². The Kier molecular flexibility index (Phi) is 4.29. The molecule has 5 heteroatoms. The molecule has 2 atom stereocenters. The third-order valence-corrected chi connectivity index (χ3v) is 4.48. The molecule has 0 spiro atoms. The fourth-order valence-electron chi connectivity index (χ4n) is 3.30. The predicted octanol–water partition coefficient (Wildman–Crippen LogP) is 1.42. The highest BCUT2D eigenvalue weighted by Crippen LogP contribution is 2.22. The Morgan fingerprint density at radius 1 is 1.35 bits per heavy atom. The summed E-state index contributed by atoms with van der Waals surface area (Å²) in [6, 6.07) is 3.63.